The van der Waals surface area contributed by atoms with Crippen LogP contribution in [0.4, 0.5) is 34.3 Å². The number of hydrogen-bond acceptors (Lipinski definition) is 4. The highest BCUT2D eigenvalue weighted by atomic mass is 32.1. The third kappa shape index (κ3) is 4.03. The van der Waals surface area contributed by atoms with Gasteiger partial charge in [-0.1, -0.05) is 0 Å². The van der Waals surface area contributed by atoms with Gasteiger partial charge in [-0.25, -0.2) is 4.79 Å². The standard InChI is InChI=1S/C13H13F3N4O2S/c1-6-3-7(13(14,15)16)5-8(4-6)18-11-9(10(21)20-23-11)19-12(22)17-2/h3-5,18H,1-2H3,(H,20,21)(H2,17,19,22). The fourth-order valence-corrected chi connectivity index (χ4v) is 2.54. The van der Waals surface area contributed by atoms with Gasteiger partial charge in [0.05, 0.1) is 5.56 Å². The van der Waals surface area contributed by atoms with E-state index in [9.17, 15) is 22.8 Å². The number of alkyl halides is 3. The predicted octanol–water partition coefficient (Wildman–Crippen LogP) is 3.26. The molecule has 0 atom stereocenters. The van der Waals surface area contributed by atoms with Gasteiger partial charge in [0.1, 0.15) is 10.7 Å². The van der Waals surface area contributed by atoms with Crippen molar-refractivity contribution >= 4 is 33.9 Å². The topological polar surface area (TPSA) is 86.0 Å². The summed E-state index contributed by atoms with van der Waals surface area (Å²) in [5, 5.41) is 7.53. The lowest BCUT2D eigenvalue weighted by atomic mass is 10.1. The van der Waals surface area contributed by atoms with Crippen LogP contribution in [0.1, 0.15) is 11.1 Å². The maximum Gasteiger partial charge on any atom is 0.416 e. The summed E-state index contributed by atoms with van der Waals surface area (Å²) in [5.41, 5.74) is -0.851. The third-order valence-corrected chi connectivity index (χ3v) is 3.63. The van der Waals surface area contributed by atoms with Crippen molar-refractivity contribution in [3.63, 3.8) is 0 Å². The van der Waals surface area contributed by atoms with E-state index in [2.05, 4.69) is 20.3 Å². The Morgan fingerprint density at radius 3 is 2.57 bits per heavy atom. The number of nitrogens with one attached hydrogen (secondary N) is 4. The molecule has 0 aliphatic heterocycles. The molecule has 0 bridgehead atoms. The molecule has 0 aliphatic rings. The average Bonchev–Trinajstić information content (AvgIpc) is 2.78. The van der Waals surface area contributed by atoms with Crippen LogP contribution in [0.25, 0.3) is 0 Å². The Hall–Kier alpha value is -2.49. The molecule has 23 heavy (non-hydrogen) atoms. The van der Waals surface area contributed by atoms with E-state index in [1.165, 1.54) is 20.0 Å². The number of hydrogen-bond donors (Lipinski definition) is 4. The molecule has 124 valence electrons. The smallest absolute Gasteiger partial charge is 0.344 e. The van der Waals surface area contributed by atoms with Crippen molar-refractivity contribution in [1.29, 1.82) is 0 Å². The van der Waals surface area contributed by atoms with Crippen LogP contribution in [0.5, 0.6) is 0 Å². The zero-order valence-electron chi connectivity index (χ0n) is 12.1. The molecule has 2 aromatic rings. The molecule has 0 saturated heterocycles. The minimum Gasteiger partial charge on any atom is -0.344 e. The number of benzene rings is 1. The molecule has 0 radical (unpaired) electrons. The fraction of sp³-hybridized carbons (Fsp3) is 0.231. The first-order valence-corrected chi connectivity index (χ1v) is 7.18. The van der Waals surface area contributed by atoms with Gasteiger partial charge in [-0.05, 0) is 42.2 Å². The number of urea groups is 1. The molecule has 0 saturated carbocycles. The molecule has 0 spiro atoms. The first-order chi connectivity index (χ1) is 10.7. The second-order valence-corrected chi connectivity index (χ2v) is 5.47. The second kappa shape index (κ2) is 6.32. The van der Waals surface area contributed by atoms with Gasteiger partial charge < -0.3 is 16.0 Å². The lowest BCUT2D eigenvalue weighted by molar-refractivity contribution is -0.137. The highest BCUT2D eigenvalue weighted by Gasteiger charge is 2.31. The molecule has 10 heteroatoms. The number of carbonyl (C=O) groups is 1. The largest absolute Gasteiger partial charge is 0.416 e. The molecule has 2 amide bonds. The molecule has 0 aliphatic carbocycles. The van der Waals surface area contributed by atoms with E-state index in [4.69, 9.17) is 0 Å². The number of aromatic nitrogens is 1. The lowest BCUT2D eigenvalue weighted by Gasteiger charge is -2.12. The van der Waals surface area contributed by atoms with E-state index in [0.717, 1.165) is 23.7 Å². The van der Waals surface area contributed by atoms with Gasteiger partial charge in [0.15, 0.2) is 0 Å². The molecule has 6 nitrogen and oxygen atoms in total. The number of amides is 2. The van der Waals surface area contributed by atoms with Crippen LogP contribution in [-0.4, -0.2) is 17.5 Å². The van der Waals surface area contributed by atoms with Crippen molar-refractivity contribution in [3.05, 3.63) is 39.7 Å². The van der Waals surface area contributed by atoms with Crippen LogP contribution in [0.2, 0.25) is 0 Å². The quantitative estimate of drug-likeness (QED) is 0.688. The molecule has 0 unspecified atom stereocenters. The molecule has 1 heterocycles. The van der Waals surface area contributed by atoms with Crippen LogP contribution < -0.4 is 21.5 Å². The first kappa shape index (κ1) is 16.9. The predicted molar refractivity (Wildman–Crippen MR) is 82.5 cm³/mol. The third-order valence-electron chi connectivity index (χ3n) is 2.83. The van der Waals surface area contributed by atoms with Gasteiger partial charge >= 0.3 is 12.2 Å². The van der Waals surface area contributed by atoms with Crippen molar-refractivity contribution in [2.24, 2.45) is 0 Å². The summed E-state index contributed by atoms with van der Waals surface area (Å²) in [5.74, 6) is 0. The normalized spacial score (nSPS) is 11.2. The van der Waals surface area contributed by atoms with E-state index >= 15 is 0 Å². The van der Waals surface area contributed by atoms with Crippen LogP contribution in [0.15, 0.2) is 23.0 Å². The van der Waals surface area contributed by atoms with Crippen molar-refractivity contribution in [3.8, 4) is 0 Å². The Balaban J connectivity index is 2.35. The fourth-order valence-electron chi connectivity index (χ4n) is 1.83. The van der Waals surface area contributed by atoms with E-state index in [0.29, 0.717) is 5.56 Å². The van der Waals surface area contributed by atoms with E-state index in [-0.39, 0.29) is 16.4 Å². The maximum absolute atomic E-state index is 12.8. The molecular weight excluding hydrogens is 333 g/mol. The monoisotopic (exact) mass is 346 g/mol. The van der Waals surface area contributed by atoms with Gasteiger partial charge in [-0.3, -0.25) is 9.17 Å². The molecule has 0 fully saturated rings. The minimum absolute atomic E-state index is 0.0654. The number of H-pyrrole nitrogens is 1. The van der Waals surface area contributed by atoms with E-state index in [1.54, 1.807) is 0 Å². The highest BCUT2D eigenvalue weighted by Crippen LogP contribution is 2.34. The summed E-state index contributed by atoms with van der Waals surface area (Å²) in [7, 11) is 1.37. The SMILES string of the molecule is CNC(=O)Nc1c(Nc2cc(C)cc(C(F)(F)F)c2)s[nH]c1=O. The van der Waals surface area contributed by atoms with Crippen molar-refractivity contribution in [2.45, 2.75) is 13.1 Å². The van der Waals surface area contributed by atoms with Crippen molar-refractivity contribution < 1.29 is 18.0 Å². The summed E-state index contributed by atoms with van der Waals surface area (Å²) in [4.78, 5) is 23.0. The highest BCUT2D eigenvalue weighted by molar-refractivity contribution is 7.11. The van der Waals surface area contributed by atoms with Crippen LogP contribution in [-0.2, 0) is 6.18 Å². The lowest BCUT2D eigenvalue weighted by Crippen LogP contribution is -2.27. The van der Waals surface area contributed by atoms with Crippen LogP contribution in [0.3, 0.4) is 0 Å². The first-order valence-electron chi connectivity index (χ1n) is 6.37. The molecular formula is C13H13F3N4O2S. The van der Waals surface area contributed by atoms with E-state index in [1.807, 2.05) is 0 Å². The van der Waals surface area contributed by atoms with Crippen LogP contribution in [0, 0.1) is 6.92 Å². The summed E-state index contributed by atoms with van der Waals surface area (Å²) < 4.78 is 40.9. The average molecular weight is 346 g/mol. The number of aryl methyl sites for hydroxylation is 1. The number of anilines is 3. The van der Waals surface area contributed by atoms with Gasteiger partial charge in [0.25, 0.3) is 5.56 Å². The summed E-state index contributed by atoms with van der Waals surface area (Å²) in [6, 6.07) is 2.84. The Morgan fingerprint density at radius 2 is 1.96 bits per heavy atom. The van der Waals surface area contributed by atoms with Crippen molar-refractivity contribution in [2.75, 3.05) is 17.7 Å². The Labute approximate surface area is 132 Å². The minimum atomic E-state index is -4.48. The Morgan fingerprint density at radius 1 is 1.26 bits per heavy atom. The maximum atomic E-state index is 12.8. The van der Waals surface area contributed by atoms with Crippen molar-refractivity contribution in [1.82, 2.24) is 9.69 Å². The number of rotatable bonds is 3. The van der Waals surface area contributed by atoms with Gasteiger partial charge in [-0.2, -0.15) is 13.2 Å². The molecule has 4 N–H and O–H groups in total. The number of halogens is 3. The molecule has 1 aromatic carbocycles. The molecule has 2 rings (SSSR count). The number of carbonyl (C=O) groups excluding carboxylic acids is 1. The molecule has 1 aromatic heterocycles. The summed E-state index contributed by atoms with van der Waals surface area (Å²) in [6.45, 7) is 1.53. The Bertz CT molecular complexity index is 782. The van der Waals surface area contributed by atoms with Gasteiger partial charge in [0.2, 0.25) is 0 Å². The van der Waals surface area contributed by atoms with Gasteiger partial charge in [0, 0.05) is 12.7 Å². The zero-order chi connectivity index (χ0) is 17.2. The second-order valence-electron chi connectivity index (χ2n) is 4.65. The summed E-state index contributed by atoms with van der Waals surface area (Å²) >= 11 is 0.870. The summed E-state index contributed by atoms with van der Waals surface area (Å²) in [6.07, 6.45) is -4.48. The van der Waals surface area contributed by atoms with Crippen LogP contribution >= 0.6 is 11.5 Å². The Kier molecular flexibility index (Phi) is 4.64. The van der Waals surface area contributed by atoms with E-state index < -0.39 is 23.3 Å². The van der Waals surface area contributed by atoms with Gasteiger partial charge in [-0.15, -0.1) is 0 Å². The zero-order valence-corrected chi connectivity index (χ0v) is 12.9. The number of aromatic amines is 1.